The van der Waals surface area contributed by atoms with Crippen molar-refractivity contribution in [2.45, 2.75) is 6.92 Å². The predicted octanol–water partition coefficient (Wildman–Crippen LogP) is 2.34. The van der Waals surface area contributed by atoms with Crippen LogP contribution in [0.25, 0.3) is 0 Å². The zero-order chi connectivity index (χ0) is 15.8. The van der Waals surface area contributed by atoms with E-state index in [0.29, 0.717) is 22.7 Å². The lowest BCUT2D eigenvalue weighted by atomic mass is 10.2. The Hall–Kier alpha value is -2.18. The SMILES string of the molecule is CCNCCNC(=O)c1cccc(NC(=O)c2cccs2)c1. The maximum atomic E-state index is 12.0. The zero-order valence-corrected chi connectivity index (χ0v) is 13.2. The van der Waals surface area contributed by atoms with Gasteiger partial charge in [0.25, 0.3) is 11.8 Å². The highest BCUT2D eigenvalue weighted by atomic mass is 32.1. The van der Waals surface area contributed by atoms with E-state index in [2.05, 4.69) is 16.0 Å². The Morgan fingerprint density at radius 1 is 1.09 bits per heavy atom. The smallest absolute Gasteiger partial charge is 0.265 e. The van der Waals surface area contributed by atoms with Gasteiger partial charge in [-0.2, -0.15) is 0 Å². The maximum Gasteiger partial charge on any atom is 0.265 e. The van der Waals surface area contributed by atoms with E-state index in [1.54, 1.807) is 30.3 Å². The molecule has 0 unspecified atom stereocenters. The number of nitrogens with one attached hydrogen (secondary N) is 3. The summed E-state index contributed by atoms with van der Waals surface area (Å²) in [5.41, 5.74) is 1.14. The summed E-state index contributed by atoms with van der Waals surface area (Å²) in [5, 5.41) is 10.6. The molecule has 3 N–H and O–H groups in total. The minimum absolute atomic E-state index is 0.148. The van der Waals surface area contributed by atoms with E-state index < -0.39 is 0 Å². The number of hydrogen-bond acceptors (Lipinski definition) is 4. The lowest BCUT2D eigenvalue weighted by Gasteiger charge is -2.08. The normalized spacial score (nSPS) is 10.2. The number of amides is 2. The second kappa shape index (κ2) is 8.31. The Bertz CT molecular complexity index is 626. The molecule has 5 nitrogen and oxygen atoms in total. The van der Waals surface area contributed by atoms with Crippen LogP contribution in [-0.2, 0) is 0 Å². The third-order valence-electron chi connectivity index (χ3n) is 2.96. The summed E-state index contributed by atoms with van der Waals surface area (Å²) in [7, 11) is 0. The van der Waals surface area contributed by atoms with Crippen LogP contribution < -0.4 is 16.0 Å². The van der Waals surface area contributed by atoms with E-state index in [-0.39, 0.29) is 11.8 Å². The van der Waals surface area contributed by atoms with Gasteiger partial charge in [0.1, 0.15) is 0 Å². The highest BCUT2D eigenvalue weighted by Crippen LogP contribution is 2.14. The van der Waals surface area contributed by atoms with Gasteiger partial charge in [-0.25, -0.2) is 0 Å². The van der Waals surface area contributed by atoms with Crippen molar-refractivity contribution in [3.05, 3.63) is 52.2 Å². The summed E-state index contributed by atoms with van der Waals surface area (Å²) in [5.74, 6) is -0.315. The van der Waals surface area contributed by atoms with Crippen molar-refractivity contribution in [3.63, 3.8) is 0 Å². The first kappa shape index (κ1) is 16.2. The largest absolute Gasteiger partial charge is 0.351 e. The van der Waals surface area contributed by atoms with Gasteiger partial charge in [0.15, 0.2) is 0 Å². The number of rotatable bonds is 7. The molecule has 2 rings (SSSR count). The van der Waals surface area contributed by atoms with E-state index in [4.69, 9.17) is 0 Å². The molecule has 1 heterocycles. The number of likely N-dealkylation sites (N-methyl/N-ethyl adjacent to an activating group) is 1. The van der Waals surface area contributed by atoms with Crippen LogP contribution in [0.5, 0.6) is 0 Å². The van der Waals surface area contributed by atoms with Crippen LogP contribution in [-0.4, -0.2) is 31.4 Å². The topological polar surface area (TPSA) is 70.2 Å². The van der Waals surface area contributed by atoms with E-state index in [0.717, 1.165) is 13.1 Å². The highest BCUT2D eigenvalue weighted by Gasteiger charge is 2.09. The Morgan fingerprint density at radius 2 is 1.95 bits per heavy atom. The Kier molecular flexibility index (Phi) is 6.12. The first-order chi connectivity index (χ1) is 10.7. The Balaban J connectivity index is 1.94. The van der Waals surface area contributed by atoms with Crippen LogP contribution in [0.3, 0.4) is 0 Å². The van der Waals surface area contributed by atoms with Gasteiger partial charge in [-0.05, 0) is 36.2 Å². The Morgan fingerprint density at radius 3 is 2.68 bits per heavy atom. The molecule has 1 aromatic heterocycles. The van der Waals surface area contributed by atoms with Crippen molar-refractivity contribution < 1.29 is 9.59 Å². The van der Waals surface area contributed by atoms with Crippen LogP contribution in [0.15, 0.2) is 41.8 Å². The van der Waals surface area contributed by atoms with Crippen molar-refractivity contribution in [1.29, 1.82) is 0 Å². The summed E-state index contributed by atoms with van der Waals surface area (Å²) in [6.07, 6.45) is 0. The number of carbonyl (C=O) groups is 2. The zero-order valence-electron chi connectivity index (χ0n) is 12.4. The van der Waals surface area contributed by atoms with E-state index in [1.165, 1.54) is 11.3 Å². The third-order valence-corrected chi connectivity index (χ3v) is 3.83. The fourth-order valence-corrected chi connectivity index (χ4v) is 2.50. The van der Waals surface area contributed by atoms with Crippen molar-refractivity contribution in [2.75, 3.05) is 25.0 Å². The second-order valence-corrected chi connectivity index (χ2v) is 5.57. The fourth-order valence-electron chi connectivity index (χ4n) is 1.88. The first-order valence-corrected chi connectivity index (χ1v) is 8.02. The molecule has 0 radical (unpaired) electrons. The molecule has 0 saturated heterocycles. The molecule has 0 aliphatic carbocycles. The monoisotopic (exact) mass is 317 g/mol. The molecule has 6 heteroatoms. The number of anilines is 1. The van der Waals surface area contributed by atoms with Gasteiger partial charge in [0, 0.05) is 24.3 Å². The molecule has 0 atom stereocenters. The summed E-state index contributed by atoms with van der Waals surface area (Å²) in [6, 6.07) is 10.5. The van der Waals surface area contributed by atoms with Crippen LogP contribution in [0.1, 0.15) is 27.0 Å². The number of hydrogen-bond donors (Lipinski definition) is 3. The highest BCUT2D eigenvalue weighted by molar-refractivity contribution is 7.12. The van der Waals surface area contributed by atoms with Gasteiger partial charge in [-0.1, -0.05) is 19.1 Å². The van der Waals surface area contributed by atoms with Crippen molar-refractivity contribution in [3.8, 4) is 0 Å². The quantitative estimate of drug-likeness (QED) is 0.687. The standard InChI is InChI=1S/C16H19N3O2S/c1-2-17-8-9-18-15(20)12-5-3-6-13(11-12)19-16(21)14-7-4-10-22-14/h3-7,10-11,17H,2,8-9H2,1H3,(H,18,20)(H,19,21). The number of thiophene rings is 1. The average molecular weight is 317 g/mol. The average Bonchev–Trinajstić information content (AvgIpc) is 3.06. The molecular formula is C16H19N3O2S. The molecule has 0 bridgehead atoms. The molecule has 0 aliphatic heterocycles. The van der Waals surface area contributed by atoms with Crippen molar-refractivity contribution >= 4 is 28.8 Å². The van der Waals surface area contributed by atoms with E-state index in [1.807, 2.05) is 18.4 Å². The van der Waals surface area contributed by atoms with Gasteiger partial charge in [-0.3, -0.25) is 9.59 Å². The summed E-state index contributed by atoms with van der Waals surface area (Å²) < 4.78 is 0. The minimum Gasteiger partial charge on any atom is -0.351 e. The second-order valence-electron chi connectivity index (χ2n) is 4.62. The van der Waals surface area contributed by atoms with Gasteiger partial charge < -0.3 is 16.0 Å². The lowest BCUT2D eigenvalue weighted by molar-refractivity contribution is 0.0952. The van der Waals surface area contributed by atoms with Gasteiger partial charge in [0.05, 0.1) is 4.88 Å². The van der Waals surface area contributed by atoms with Crippen molar-refractivity contribution in [1.82, 2.24) is 10.6 Å². The molecule has 22 heavy (non-hydrogen) atoms. The van der Waals surface area contributed by atoms with Crippen LogP contribution in [0.4, 0.5) is 5.69 Å². The fraction of sp³-hybridized carbons (Fsp3) is 0.250. The summed E-state index contributed by atoms with van der Waals surface area (Å²) >= 11 is 1.38. The van der Waals surface area contributed by atoms with E-state index >= 15 is 0 Å². The molecular weight excluding hydrogens is 298 g/mol. The van der Waals surface area contributed by atoms with Crippen LogP contribution >= 0.6 is 11.3 Å². The Labute approximate surface area is 133 Å². The molecule has 0 aliphatic rings. The molecule has 2 amide bonds. The number of carbonyl (C=O) groups excluding carboxylic acids is 2. The lowest BCUT2D eigenvalue weighted by Crippen LogP contribution is -2.31. The van der Waals surface area contributed by atoms with Crippen LogP contribution in [0.2, 0.25) is 0 Å². The molecule has 0 saturated carbocycles. The summed E-state index contributed by atoms with van der Waals surface area (Å²) in [6.45, 7) is 4.19. The van der Waals surface area contributed by atoms with Crippen molar-refractivity contribution in [2.24, 2.45) is 0 Å². The molecule has 0 fully saturated rings. The summed E-state index contributed by atoms with van der Waals surface area (Å²) in [4.78, 5) is 24.7. The molecule has 2 aromatic rings. The molecule has 1 aromatic carbocycles. The van der Waals surface area contributed by atoms with Crippen LogP contribution in [0, 0.1) is 0 Å². The van der Waals surface area contributed by atoms with Gasteiger partial charge in [0.2, 0.25) is 0 Å². The predicted molar refractivity (Wildman–Crippen MR) is 89.6 cm³/mol. The molecule has 0 spiro atoms. The minimum atomic E-state index is -0.167. The molecule has 116 valence electrons. The van der Waals surface area contributed by atoms with Gasteiger partial charge >= 0.3 is 0 Å². The third kappa shape index (κ3) is 4.68. The number of benzene rings is 1. The van der Waals surface area contributed by atoms with Gasteiger partial charge in [-0.15, -0.1) is 11.3 Å². The first-order valence-electron chi connectivity index (χ1n) is 7.14. The van der Waals surface area contributed by atoms with E-state index in [9.17, 15) is 9.59 Å². The maximum absolute atomic E-state index is 12.0.